The lowest BCUT2D eigenvalue weighted by Crippen LogP contribution is -2.42. The highest BCUT2D eigenvalue weighted by molar-refractivity contribution is 5.96. The molecule has 0 saturated heterocycles. The molecule has 0 heterocycles. The second-order valence-electron chi connectivity index (χ2n) is 5.00. The Balaban J connectivity index is 2.69. The number of carbonyl (C=O) groups excluding carboxylic acids is 3. The molecule has 0 radical (unpaired) electrons. The van der Waals surface area contributed by atoms with Gasteiger partial charge in [-0.15, -0.1) is 0 Å². The third-order valence-corrected chi connectivity index (χ3v) is 2.93. The fourth-order valence-corrected chi connectivity index (χ4v) is 1.37. The molecule has 6 heteroatoms. The molecular formula is C14H18N2O4. The van der Waals surface area contributed by atoms with Crippen molar-refractivity contribution >= 4 is 17.8 Å². The quantitative estimate of drug-likeness (QED) is 0.775. The summed E-state index contributed by atoms with van der Waals surface area (Å²) >= 11 is 0. The van der Waals surface area contributed by atoms with Crippen LogP contribution in [0.3, 0.4) is 0 Å². The molecule has 2 amide bonds. The molecule has 0 fully saturated rings. The summed E-state index contributed by atoms with van der Waals surface area (Å²) in [6, 6.07) is 6.03. The van der Waals surface area contributed by atoms with Crippen molar-refractivity contribution in [1.82, 2.24) is 5.32 Å². The lowest BCUT2D eigenvalue weighted by atomic mass is 9.92. The summed E-state index contributed by atoms with van der Waals surface area (Å²) in [7, 11) is 1.29. The Morgan fingerprint density at radius 2 is 1.65 bits per heavy atom. The first-order valence-corrected chi connectivity index (χ1v) is 6.04. The van der Waals surface area contributed by atoms with Crippen LogP contribution in [0.2, 0.25) is 0 Å². The van der Waals surface area contributed by atoms with Gasteiger partial charge in [0.25, 0.3) is 5.91 Å². The number of esters is 1. The minimum absolute atomic E-state index is 0.139. The van der Waals surface area contributed by atoms with E-state index in [1.54, 1.807) is 13.8 Å². The normalized spacial score (nSPS) is 10.8. The fourth-order valence-electron chi connectivity index (χ4n) is 1.37. The third-order valence-electron chi connectivity index (χ3n) is 2.93. The van der Waals surface area contributed by atoms with E-state index in [0.29, 0.717) is 11.1 Å². The number of primary amides is 1. The number of methoxy groups -OCH3 is 1. The molecular weight excluding hydrogens is 260 g/mol. The van der Waals surface area contributed by atoms with Crippen molar-refractivity contribution in [3.63, 3.8) is 0 Å². The largest absolute Gasteiger partial charge is 0.465 e. The number of rotatable bonds is 5. The molecule has 1 rings (SSSR count). The molecule has 0 atom stereocenters. The summed E-state index contributed by atoms with van der Waals surface area (Å²) < 4.78 is 4.56. The van der Waals surface area contributed by atoms with Gasteiger partial charge >= 0.3 is 5.97 Å². The Bertz CT molecular complexity index is 520. The fraction of sp³-hybridized carbons (Fsp3) is 0.357. The van der Waals surface area contributed by atoms with Crippen molar-refractivity contribution in [3.05, 3.63) is 35.4 Å². The first-order valence-electron chi connectivity index (χ1n) is 6.04. The van der Waals surface area contributed by atoms with Crippen LogP contribution in [-0.4, -0.2) is 31.4 Å². The SMILES string of the molecule is COC(=O)c1ccc(C(=O)NCC(C)(C)C(N)=O)cc1. The number of hydrogen-bond donors (Lipinski definition) is 2. The molecule has 0 aliphatic heterocycles. The predicted octanol–water partition coefficient (Wildman–Crippen LogP) is 0.715. The predicted molar refractivity (Wildman–Crippen MR) is 73.1 cm³/mol. The highest BCUT2D eigenvalue weighted by Gasteiger charge is 2.25. The lowest BCUT2D eigenvalue weighted by molar-refractivity contribution is -0.125. The van der Waals surface area contributed by atoms with Crippen LogP contribution in [0, 0.1) is 5.41 Å². The van der Waals surface area contributed by atoms with Crippen LogP contribution in [0.4, 0.5) is 0 Å². The average Bonchev–Trinajstić information content (AvgIpc) is 2.44. The Morgan fingerprint density at radius 1 is 1.15 bits per heavy atom. The van der Waals surface area contributed by atoms with E-state index < -0.39 is 17.3 Å². The second kappa shape index (κ2) is 6.18. The van der Waals surface area contributed by atoms with Crippen LogP contribution in [0.25, 0.3) is 0 Å². The van der Waals surface area contributed by atoms with E-state index >= 15 is 0 Å². The van der Waals surface area contributed by atoms with Crippen molar-refractivity contribution in [1.29, 1.82) is 0 Å². The van der Waals surface area contributed by atoms with E-state index in [2.05, 4.69) is 10.1 Å². The molecule has 0 aliphatic carbocycles. The number of nitrogens with two attached hydrogens (primary N) is 1. The van der Waals surface area contributed by atoms with Crippen LogP contribution >= 0.6 is 0 Å². The van der Waals surface area contributed by atoms with Crippen molar-refractivity contribution < 1.29 is 19.1 Å². The molecule has 3 N–H and O–H groups in total. The van der Waals surface area contributed by atoms with E-state index in [0.717, 1.165) is 0 Å². The average molecular weight is 278 g/mol. The molecule has 20 heavy (non-hydrogen) atoms. The summed E-state index contributed by atoms with van der Waals surface area (Å²) in [6.45, 7) is 3.44. The van der Waals surface area contributed by atoms with Gasteiger partial charge in [-0.25, -0.2) is 4.79 Å². The molecule has 1 aromatic carbocycles. The van der Waals surface area contributed by atoms with Gasteiger partial charge in [0.1, 0.15) is 0 Å². The van der Waals surface area contributed by atoms with Crippen LogP contribution in [-0.2, 0) is 9.53 Å². The van der Waals surface area contributed by atoms with Gasteiger partial charge in [0.2, 0.25) is 5.91 Å². The van der Waals surface area contributed by atoms with Gasteiger partial charge in [-0.3, -0.25) is 9.59 Å². The standard InChI is InChI=1S/C14H18N2O4/c1-14(2,13(15)19)8-16-11(17)9-4-6-10(7-5-9)12(18)20-3/h4-7H,8H2,1-3H3,(H2,15,19)(H,16,17). The third kappa shape index (κ3) is 3.81. The molecule has 0 saturated carbocycles. The molecule has 0 aromatic heterocycles. The zero-order valence-electron chi connectivity index (χ0n) is 11.7. The molecule has 0 aliphatic rings. The van der Waals surface area contributed by atoms with Gasteiger partial charge in [-0.05, 0) is 38.1 Å². The Kier molecular flexibility index (Phi) is 4.85. The number of benzene rings is 1. The summed E-state index contributed by atoms with van der Waals surface area (Å²) in [5.74, 6) is -1.29. The molecule has 0 spiro atoms. The Hall–Kier alpha value is -2.37. The Morgan fingerprint density at radius 3 is 2.10 bits per heavy atom. The van der Waals surface area contributed by atoms with Gasteiger partial charge in [0.05, 0.1) is 18.1 Å². The van der Waals surface area contributed by atoms with Crippen molar-refractivity contribution in [2.24, 2.45) is 11.1 Å². The summed E-state index contributed by atoms with van der Waals surface area (Å²) in [6.07, 6.45) is 0. The topological polar surface area (TPSA) is 98.5 Å². The molecule has 1 aromatic rings. The van der Waals surface area contributed by atoms with Gasteiger partial charge in [-0.1, -0.05) is 0 Å². The highest BCUT2D eigenvalue weighted by Crippen LogP contribution is 2.12. The summed E-state index contributed by atoms with van der Waals surface area (Å²) in [4.78, 5) is 34.3. The van der Waals surface area contributed by atoms with Crippen LogP contribution < -0.4 is 11.1 Å². The molecule has 108 valence electrons. The number of ether oxygens (including phenoxy) is 1. The lowest BCUT2D eigenvalue weighted by Gasteiger charge is -2.20. The van der Waals surface area contributed by atoms with Crippen molar-refractivity contribution in [2.75, 3.05) is 13.7 Å². The maximum Gasteiger partial charge on any atom is 0.337 e. The van der Waals surface area contributed by atoms with Gasteiger partial charge in [0.15, 0.2) is 0 Å². The Labute approximate surface area is 117 Å². The number of carbonyl (C=O) groups is 3. The first kappa shape index (κ1) is 15.7. The van der Waals surface area contributed by atoms with E-state index in [9.17, 15) is 14.4 Å². The molecule has 6 nitrogen and oxygen atoms in total. The van der Waals surface area contributed by atoms with Crippen LogP contribution in [0.15, 0.2) is 24.3 Å². The van der Waals surface area contributed by atoms with Crippen molar-refractivity contribution in [3.8, 4) is 0 Å². The highest BCUT2D eigenvalue weighted by atomic mass is 16.5. The number of nitrogens with one attached hydrogen (secondary N) is 1. The summed E-state index contributed by atoms with van der Waals surface area (Å²) in [5.41, 5.74) is 5.15. The second-order valence-corrected chi connectivity index (χ2v) is 5.00. The van der Waals surface area contributed by atoms with E-state index in [4.69, 9.17) is 5.73 Å². The minimum Gasteiger partial charge on any atom is -0.465 e. The maximum atomic E-state index is 11.9. The summed E-state index contributed by atoms with van der Waals surface area (Å²) in [5, 5.41) is 2.63. The number of amides is 2. The van der Waals surface area contributed by atoms with E-state index in [1.165, 1.54) is 31.4 Å². The van der Waals surface area contributed by atoms with Gasteiger partial charge in [-0.2, -0.15) is 0 Å². The van der Waals surface area contributed by atoms with Crippen LogP contribution in [0.5, 0.6) is 0 Å². The van der Waals surface area contributed by atoms with E-state index in [-0.39, 0.29) is 12.5 Å². The van der Waals surface area contributed by atoms with Crippen molar-refractivity contribution in [2.45, 2.75) is 13.8 Å². The maximum absolute atomic E-state index is 11.9. The minimum atomic E-state index is -0.818. The number of hydrogen-bond acceptors (Lipinski definition) is 4. The van der Waals surface area contributed by atoms with E-state index in [1.807, 2.05) is 0 Å². The van der Waals surface area contributed by atoms with Gasteiger partial charge < -0.3 is 15.8 Å². The molecule has 0 bridgehead atoms. The molecule has 0 unspecified atom stereocenters. The first-order chi connectivity index (χ1) is 9.27. The zero-order valence-corrected chi connectivity index (χ0v) is 11.7. The smallest absolute Gasteiger partial charge is 0.337 e. The zero-order chi connectivity index (χ0) is 15.3. The van der Waals surface area contributed by atoms with Gasteiger partial charge in [0, 0.05) is 12.1 Å². The monoisotopic (exact) mass is 278 g/mol. The van der Waals surface area contributed by atoms with Crippen LogP contribution in [0.1, 0.15) is 34.6 Å².